The summed E-state index contributed by atoms with van der Waals surface area (Å²) in [6, 6.07) is 11.8. The number of nitrogens with zero attached hydrogens (tertiary/aromatic N) is 2. The van der Waals surface area contributed by atoms with Crippen molar-refractivity contribution in [1.29, 1.82) is 0 Å². The molecule has 1 saturated heterocycles. The van der Waals surface area contributed by atoms with Gasteiger partial charge in [-0.3, -0.25) is 29.4 Å². The van der Waals surface area contributed by atoms with Gasteiger partial charge in [0.25, 0.3) is 16.8 Å². The molecule has 3 aromatic rings. The van der Waals surface area contributed by atoms with Crippen LogP contribution in [0.25, 0.3) is 17.4 Å². The Hall–Kier alpha value is -3.12. The van der Waals surface area contributed by atoms with E-state index in [4.69, 9.17) is 27.6 Å². The maximum absolute atomic E-state index is 12.7. The average molecular weight is 597 g/mol. The maximum Gasteiger partial charge on any atom is 0.294 e. The van der Waals surface area contributed by atoms with Crippen molar-refractivity contribution in [1.82, 2.24) is 4.90 Å². The van der Waals surface area contributed by atoms with Crippen molar-refractivity contribution in [2.24, 2.45) is 0 Å². The Morgan fingerprint density at radius 2 is 1.91 bits per heavy atom. The lowest BCUT2D eigenvalue weighted by atomic mass is 10.1. The number of benzene rings is 2. The van der Waals surface area contributed by atoms with Crippen LogP contribution in [0.4, 0.5) is 16.2 Å². The van der Waals surface area contributed by atoms with Gasteiger partial charge in [0.05, 0.1) is 19.9 Å². The highest BCUT2D eigenvalue weighted by Gasteiger charge is 2.36. The minimum Gasteiger partial charge on any atom is -0.457 e. The monoisotopic (exact) mass is 595 g/mol. The molecule has 0 spiro atoms. The van der Waals surface area contributed by atoms with E-state index in [9.17, 15) is 24.5 Å². The second kappa shape index (κ2) is 10.2. The Morgan fingerprint density at radius 3 is 2.63 bits per heavy atom. The third-order valence-corrected chi connectivity index (χ3v) is 7.17. The van der Waals surface area contributed by atoms with E-state index in [2.05, 4.69) is 21.2 Å². The number of thioether (sulfide) groups is 1. The molecule has 13 heteroatoms. The first-order chi connectivity index (χ1) is 16.6. The van der Waals surface area contributed by atoms with E-state index in [-0.39, 0.29) is 27.1 Å². The third kappa shape index (κ3) is 5.59. The van der Waals surface area contributed by atoms with Gasteiger partial charge in [-0.25, -0.2) is 0 Å². The molecule has 0 atom stereocenters. The van der Waals surface area contributed by atoms with Gasteiger partial charge in [-0.2, -0.15) is 0 Å². The number of non-ortho nitro benzene ring substituents is 1. The molecule has 0 bridgehead atoms. The van der Waals surface area contributed by atoms with Gasteiger partial charge < -0.3 is 9.73 Å². The summed E-state index contributed by atoms with van der Waals surface area (Å²) in [4.78, 5) is 48.8. The minimum absolute atomic E-state index is 0.0560. The van der Waals surface area contributed by atoms with E-state index >= 15 is 0 Å². The number of halogens is 3. The second-order valence-corrected chi connectivity index (χ2v) is 9.73. The van der Waals surface area contributed by atoms with Crippen molar-refractivity contribution in [2.75, 3.05) is 11.9 Å². The lowest BCUT2D eigenvalue weighted by Crippen LogP contribution is -2.36. The van der Waals surface area contributed by atoms with Gasteiger partial charge in [-0.1, -0.05) is 23.2 Å². The van der Waals surface area contributed by atoms with Crippen LogP contribution < -0.4 is 5.32 Å². The molecular formula is C22H12BrCl2N3O6S. The molecule has 178 valence electrons. The fourth-order valence-corrected chi connectivity index (χ4v) is 4.53. The number of anilines is 1. The van der Waals surface area contributed by atoms with Crippen molar-refractivity contribution < 1.29 is 23.7 Å². The number of carbonyl (C=O) groups is 3. The minimum atomic E-state index is -0.657. The van der Waals surface area contributed by atoms with Crippen LogP contribution in [-0.4, -0.2) is 33.4 Å². The SMILES string of the molecule is O=C(CN1C(=O)S/C(=C/c2ccc(-c3cc([N+](=O)[O-])ccc3Cl)o2)C1=O)Nc1ccc(Br)c(Cl)c1. The van der Waals surface area contributed by atoms with E-state index in [0.717, 1.165) is 4.90 Å². The lowest BCUT2D eigenvalue weighted by molar-refractivity contribution is -0.384. The molecular weight excluding hydrogens is 585 g/mol. The standard InChI is InChI=1S/C22H12BrCl2N3O6S/c23-15-4-1-11(7-17(15)25)26-20(29)10-27-21(30)19(35-22(27)31)9-13-3-6-18(34-13)14-8-12(28(32)33)2-5-16(14)24/h1-9H,10H2,(H,26,29)/b19-9+. The Bertz CT molecular complexity index is 1420. The number of hydrogen-bond donors (Lipinski definition) is 1. The number of amides is 3. The Kier molecular flexibility index (Phi) is 7.31. The summed E-state index contributed by atoms with van der Waals surface area (Å²) in [5.74, 6) is -0.762. The molecule has 1 aliphatic heterocycles. The predicted molar refractivity (Wildman–Crippen MR) is 136 cm³/mol. The largest absolute Gasteiger partial charge is 0.457 e. The highest BCUT2D eigenvalue weighted by molar-refractivity contribution is 9.10. The van der Waals surface area contributed by atoms with Crippen molar-refractivity contribution >= 4 is 85.4 Å². The van der Waals surface area contributed by atoms with Gasteiger partial charge in [0.1, 0.15) is 18.1 Å². The molecule has 1 fully saturated rings. The van der Waals surface area contributed by atoms with E-state index in [1.807, 2.05) is 0 Å². The molecule has 1 aromatic heterocycles. The number of nitro benzene ring substituents is 1. The van der Waals surface area contributed by atoms with Crippen LogP contribution in [0.5, 0.6) is 0 Å². The van der Waals surface area contributed by atoms with Crippen LogP contribution in [0, 0.1) is 10.1 Å². The molecule has 1 aliphatic rings. The molecule has 2 aromatic carbocycles. The molecule has 0 unspecified atom stereocenters. The van der Waals surface area contributed by atoms with Gasteiger partial charge >= 0.3 is 0 Å². The summed E-state index contributed by atoms with van der Waals surface area (Å²) < 4.78 is 6.33. The molecule has 3 amide bonds. The summed E-state index contributed by atoms with van der Waals surface area (Å²) in [6.45, 7) is -0.484. The zero-order valence-corrected chi connectivity index (χ0v) is 21.2. The normalized spacial score (nSPS) is 14.6. The predicted octanol–water partition coefficient (Wildman–Crippen LogP) is 6.60. The van der Waals surface area contributed by atoms with Gasteiger partial charge in [0.2, 0.25) is 5.91 Å². The highest BCUT2D eigenvalue weighted by Crippen LogP contribution is 2.36. The summed E-state index contributed by atoms with van der Waals surface area (Å²) in [5.41, 5.74) is 0.555. The zero-order chi connectivity index (χ0) is 25.3. The summed E-state index contributed by atoms with van der Waals surface area (Å²) >= 11 is 16.1. The third-order valence-electron chi connectivity index (χ3n) is 4.71. The molecule has 4 rings (SSSR count). The second-order valence-electron chi connectivity index (χ2n) is 7.07. The first-order valence-corrected chi connectivity index (χ1v) is 12.0. The Balaban J connectivity index is 1.48. The Labute approximate surface area is 220 Å². The van der Waals surface area contributed by atoms with Gasteiger partial charge in [-0.05, 0) is 64.1 Å². The topological polar surface area (TPSA) is 123 Å². The number of furan rings is 1. The van der Waals surface area contributed by atoms with Crippen LogP contribution in [0.2, 0.25) is 10.0 Å². The van der Waals surface area contributed by atoms with Crippen LogP contribution in [0.1, 0.15) is 5.76 Å². The summed E-state index contributed by atoms with van der Waals surface area (Å²) in [7, 11) is 0. The smallest absolute Gasteiger partial charge is 0.294 e. The van der Waals surface area contributed by atoms with E-state index < -0.39 is 28.5 Å². The molecule has 35 heavy (non-hydrogen) atoms. The molecule has 0 aliphatic carbocycles. The fourth-order valence-electron chi connectivity index (χ4n) is 3.07. The highest BCUT2D eigenvalue weighted by atomic mass is 79.9. The average Bonchev–Trinajstić information content (AvgIpc) is 3.36. The maximum atomic E-state index is 12.7. The number of carbonyl (C=O) groups excluding carboxylic acids is 3. The van der Waals surface area contributed by atoms with Gasteiger partial charge in [0, 0.05) is 33.9 Å². The van der Waals surface area contributed by atoms with Crippen LogP contribution in [-0.2, 0) is 9.59 Å². The van der Waals surface area contributed by atoms with Crippen LogP contribution >= 0.6 is 50.9 Å². The number of imide groups is 1. The summed E-state index contributed by atoms with van der Waals surface area (Å²) in [5, 5.41) is 13.7. The van der Waals surface area contributed by atoms with E-state index in [1.165, 1.54) is 42.5 Å². The van der Waals surface area contributed by atoms with Gasteiger partial charge in [-0.15, -0.1) is 0 Å². The van der Waals surface area contributed by atoms with E-state index in [1.54, 1.807) is 12.1 Å². The van der Waals surface area contributed by atoms with Crippen LogP contribution in [0.3, 0.4) is 0 Å². The van der Waals surface area contributed by atoms with E-state index in [0.29, 0.717) is 32.5 Å². The molecule has 1 N–H and O–H groups in total. The number of nitrogens with one attached hydrogen (secondary N) is 1. The van der Waals surface area contributed by atoms with Crippen molar-refractivity contribution in [3.05, 3.63) is 83.8 Å². The van der Waals surface area contributed by atoms with Crippen molar-refractivity contribution in [3.63, 3.8) is 0 Å². The molecule has 9 nitrogen and oxygen atoms in total. The first-order valence-electron chi connectivity index (χ1n) is 9.67. The Morgan fingerprint density at radius 1 is 1.14 bits per heavy atom. The quantitative estimate of drug-likeness (QED) is 0.193. The molecule has 0 radical (unpaired) electrons. The van der Waals surface area contributed by atoms with Gasteiger partial charge in [0.15, 0.2) is 0 Å². The molecule has 2 heterocycles. The van der Waals surface area contributed by atoms with Crippen molar-refractivity contribution in [2.45, 2.75) is 0 Å². The van der Waals surface area contributed by atoms with Crippen LogP contribution in [0.15, 0.2) is 62.3 Å². The van der Waals surface area contributed by atoms with Crippen molar-refractivity contribution in [3.8, 4) is 11.3 Å². The molecule has 0 saturated carbocycles. The number of nitro groups is 1. The number of hydrogen-bond acceptors (Lipinski definition) is 7. The number of rotatable bonds is 6. The first kappa shape index (κ1) is 25.0. The lowest BCUT2D eigenvalue weighted by Gasteiger charge is -2.12. The zero-order valence-electron chi connectivity index (χ0n) is 17.3. The fraction of sp³-hybridized carbons (Fsp3) is 0.0455. The summed E-state index contributed by atoms with van der Waals surface area (Å²) in [6.07, 6.45) is 1.35.